The van der Waals surface area contributed by atoms with Gasteiger partial charge in [-0.05, 0) is 43.7 Å². The van der Waals surface area contributed by atoms with E-state index in [0.717, 1.165) is 0 Å². The van der Waals surface area contributed by atoms with Gasteiger partial charge in [0, 0.05) is 33.4 Å². The van der Waals surface area contributed by atoms with Crippen LogP contribution in [0.15, 0.2) is 36.5 Å². The summed E-state index contributed by atoms with van der Waals surface area (Å²) in [5.41, 5.74) is 1.21. The zero-order chi connectivity index (χ0) is 30.3. The lowest BCUT2D eigenvalue weighted by Gasteiger charge is -2.33. The van der Waals surface area contributed by atoms with Gasteiger partial charge in [-0.25, -0.2) is 9.37 Å². The molecule has 2 atom stereocenters. The van der Waals surface area contributed by atoms with E-state index >= 15 is 0 Å². The van der Waals surface area contributed by atoms with Gasteiger partial charge in [0.1, 0.15) is 24.2 Å². The second-order valence-corrected chi connectivity index (χ2v) is 9.89. The van der Waals surface area contributed by atoms with Crippen LogP contribution in [-0.4, -0.2) is 92.6 Å². The first-order valence-corrected chi connectivity index (χ1v) is 13.5. The van der Waals surface area contributed by atoms with Crippen molar-refractivity contribution in [2.45, 2.75) is 31.2 Å². The number of halogens is 4. The summed E-state index contributed by atoms with van der Waals surface area (Å²) in [6.45, 7) is 1.52. The standard InChI is InChI=1S/C29H34F4N6O3/c1-34-28(40)19-7-4-10-25(42-16-15-41-3)26(19)35-12-5-8-22-24(17-29(31,32)33)39-13-6-9-23(27(39)37-22)36-21-11-14-38(2)18-20(21)30/h4,6-7,9-10,13,20-21,35-36H,11-12,14-18H2,1-3H3,(H,34,40)/t20-,21+/m0/s1. The second-order valence-electron chi connectivity index (χ2n) is 9.89. The molecule has 0 unspecified atom stereocenters. The third-order valence-corrected chi connectivity index (χ3v) is 6.81. The number of nitrogens with one attached hydrogen (secondary N) is 3. The van der Waals surface area contributed by atoms with Gasteiger partial charge >= 0.3 is 6.18 Å². The van der Waals surface area contributed by atoms with Gasteiger partial charge in [-0.15, -0.1) is 0 Å². The maximum atomic E-state index is 14.7. The molecule has 0 bridgehead atoms. The van der Waals surface area contributed by atoms with Crippen LogP contribution in [0, 0.1) is 11.8 Å². The van der Waals surface area contributed by atoms with Gasteiger partial charge in [-0.1, -0.05) is 12.0 Å². The first-order chi connectivity index (χ1) is 20.1. The molecule has 3 N–H and O–H groups in total. The van der Waals surface area contributed by atoms with Gasteiger partial charge in [0.25, 0.3) is 5.91 Å². The zero-order valence-electron chi connectivity index (χ0n) is 23.6. The molecule has 1 fully saturated rings. The van der Waals surface area contributed by atoms with E-state index in [1.165, 1.54) is 24.8 Å². The minimum absolute atomic E-state index is 0.0157. The van der Waals surface area contributed by atoms with Crippen molar-refractivity contribution in [3.63, 3.8) is 0 Å². The topological polar surface area (TPSA) is 92.2 Å². The highest BCUT2D eigenvalue weighted by Crippen LogP contribution is 2.30. The SMILES string of the molecule is CNC(=O)c1cccc(OCCOC)c1NCC#Cc1nc2c(N[C@@H]3CCN(C)C[C@@H]3F)cccn2c1CC(F)(F)F. The summed E-state index contributed by atoms with van der Waals surface area (Å²) in [6.07, 6.45) is -4.86. The number of aromatic nitrogens is 2. The molecular weight excluding hydrogens is 556 g/mol. The second kappa shape index (κ2) is 13.8. The molecular formula is C29H34F4N6O3. The van der Waals surface area contributed by atoms with Crippen LogP contribution in [0.2, 0.25) is 0 Å². The highest BCUT2D eigenvalue weighted by atomic mass is 19.4. The van der Waals surface area contributed by atoms with Crippen LogP contribution in [0.4, 0.5) is 28.9 Å². The summed E-state index contributed by atoms with van der Waals surface area (Å²) in [5.74, 6) is 5.64. The maximum Gasteiger partial charge on any atom is 0.394 e. The number of piperidine rings is 1. The van der Waals surface area contributed by atoms with E-state index in [1.54, 1.807) is 30.3 Å². The van der Waals surface area contributed by atoms with Crippen molar-refractivity contribution in [3.8, 4) is 17.6 Å². The summed E-state index contributed by atoms with van der Waals surface area (Å²) in [7, 11) is 4.88. The van der Waals surface area contributed by atoms with Crippen LogP contribution in [0.5, 0.6) is 5.75 Å². The number of carbonyl (C=O) groups excluding carboxylic acids is 1. The van der Waals surface area contributed by atoms with Crippen LogP contribution < -0.4 is 20.7 Å². The number of imidazole rings is 1. The fourth-order valence-corrected chi connectivity index (χ4v) is 4.76. The monoisotopic (exact) mass is 590 g/mol. The third-order valence-electron chi connectivity index (χ3n) is 6.81. The molecule has 1 aliphatic heterocycles. The number of fused-ring (bicyclic) bond motifs is 1. The number of hydrogen-bond donors (Lipinski definition) is 3. The molecule has 1 saturated heterocycles. The number of anilines is 2. The van der Waals surface area contributed by atoms with Crippen molar-refractivity contribution >= 4 is 22.9 Å². The Morgan fingerprint density at radius 3 is 2.74 bits per heavy atom. The Morgan fingerprint density at radius 1 is 1.21 bits per heavy atom. The lowest BCUT2D eigenvalue weighted by Crippen LogP contribution is -2.46. The molecule has 42 heavy (non-hydrogen) atoms. The minimum atomic E-state index is -4.51. The van der Waals surface area contributed by atoms with Gasteiger partial charge in [0.05, 0.1) is 48.2 Å². The van der Waals surface area contributed by atoms with E-state index in [9.17, 15) is 22.4 Å². The van der Waals surface area contributed by atoms with Crippen molar-refractivity contribution in [3.05, 3.63) is 53.5 Å². The quantitative estimate of drug-likeness (QED) is 0.188. The normalized spacial score (nSPS) is 17.4. The molecule has 9 nitrogen and oxygen atoms in total. The highest BCUT2D eigenvalue weighted by Gasteiger charge is 2.32. The molecule has 4 rings (SSSR count). The number of likely N-dealkylation sites (tertiary alicyclic amines) is 1. The van der Waals surface area contributed by atoms with Crippen molar-refractivity contribution in [2.75, 3.05) is 64.7 Å². The Bertz CT molecular complexity index is 1450. The third kappa shape index (κ3) is 7.63. The summed E-state index contributed by atoms with van der Waals surface area (Å²) in [5, 5.41) is 8.77. The summed E-state index contributed by atoms with van der Waals surface area (Å²) in [6, 6.07) is 7.74. The lowest BCUT2D eigenvalue weighted by atomic mass is 10.0. The van der Waals surface area contributed by atoms with E-state index < -0.39 is 24.8 Å². The summed E-state index contributed by atoms with van der Waals surface area (Å²) < 4.78 is 67.6. The van der Waals surface area contributed by atoms with Gasteiger partial charge in [0.15, 0.2) is 5.65 Å². The number of hydrogen-bond acceptors (Lipinski definition) is 7. The number of nitrogens with zero attached hydrogens (tertiary/aromatic N) is 3. The van der Waals surface area contributed by atoms with Crippen molar-refractivity contribution in [1.82, 2.24) is 19.6 Å². The van der Waals surface area contributed by atoms with Gasteiger partial charge in [0.2, 0.25) is 0 Å². The average molecular weight is 591 g/mol. The lowest BCUT2D eigenvalue weighted by molar-refractivity contribution is -0.128. The molecule has 1 amide bonds. The zero-order valence-corrected chi connectivity index (χ0v) is 23.6. The Labute approximate surface area is 241 Å². The van der Waals surface area contributed by atoms with E-state index in [1.807, 2.05) is 11.9 Å². The molecule has 1 aliphatic rings. The number of para-hydroxylation sites is 1. The number of methoxy groups -OCH3 is 1. The van der Waals surface area contributed by atoms with Gasteiger partial charge < -0.3 is 34.7 Å². The number of benzene rings is 1. The Hall–Kier alpha value is -4.02. The molecule has 3 heterocycles. The van der Waals surface area contributed by atoms with E-state index in [4.69, 9.17) is 9.47 Å². The molecule has 0 spiro atoms. The molecule has 0 aliphatic carbocycles. The maximum absolute atomic E-state index is 14.7. The molecule has 1 aromatic carbocycles. The predicted octanol–water partition coefficient (Wildman–Crippen LogP) is 3.74. The smallest absolute Gasteiger partial charge is 0.394 e. The van der Waals surface area contributed by atoms with Crippen molar-refractivity contribution < 1.29 is 31.8 Å². The van der Waals surface area contributed by atoms with E-state index in [0.29, 0.717) is 42.3 Å². The Morgan fingerprint density at radius 2 is 2.02 bits per heavy atom. The molecule has 0 saturated carbocycles. The number of carbonyl (C=O) groups is 1. The number of ether oxygens (including phenoxy) is 2. The van der Waals surface area contributed by atoms with Crippen LogP contribution >= 0.6 is 0 Å². The number of alkyl halides is 4. The van der Waals surface area contributed by atoms with Crippen molar-refractivity contribution in [2.24, 2.45) is 0 Å². The average Bonchev–Trinajstić information content (AvgIpc) is 3.29. The largest absolute Gasteiger partial charge is 0.489 e. The van der Waals surface area contributed by atoms with E-state index in [2.05, 4.69) is 32.8 Å². The van der Waals surface area contributed by atoms with Crippen LogP contribution in [0.1, 0.15) is 28.2 Å². The first-order valence-electron chi connectivity index (χ1n) is 13.5. The van der Waals surface area contributed by atoms with E-state index in [-0.39, 0.29) is 42.6 Å². The Balaban J connectivity index is 1.62. The van der Waals surface area contributed by atoms with Crippen LogP contribution in [0.25, 0.3) is 5.65 Å². The molecule has 3 aromatic rings. The fraction of sp³-hybridized carbons (Fsp3) is 0.448. The molecule has 2 aromatic heterocycles. The number of pyridine rings is 1. The fourth-order valence-electron chi connectivity index (χ4n) is 4.76. The van der Waals surface area contributed by atoms with Gasteiger partial charge in [-0.2, -0.15) is 13.2 Å². The summed E-state index contributed by atoms with van der Waals surface area (Å²) >= 11 is 0. The first kappa shape index (κ1) is 30.9. The highest BCUT2D eigenvalue weighted by molar-refractivity contribution is 6.00. The summed E-state index contributed by atoms with van der Waals surface area (Å²) in [4.78, 5) is 18.8. The van der Waals surface area contributed by atoms with Crippen molar-refractivity contribution in [1.29, 1.82) is 0 Å². The Kier molecular flexibility index (Phi) is 10.1. The number of amides is 1. The molecule has 0 radical (unpaired) electrons. The predicted molar refractivity (Wildman–Crippen MR) is 152 cm³/mol. The minimum Gasteiger partial charge on any atom is -0.489 e. The molecule has 226 valence electrons. The van der Waals surface area contributed by atoms with Crippen LogP contribution in [-0.2, 0) is 11.2 Å². The van der Waals surface area contributed by atoms with Gasteiger partial charge in [-0.3, -0.25) is 4.79 Å². The van der Waals surface area contributed by atoms with Crippen LogP contribution in [0.3, 0.4) is 0 Å². The molecule has 13 heteroatoms. The number of rotatable bonds is 10.